The van der Waals surface area contributed by atoms with Crippen molar-refractivity contribution >= 4 is 23.4 Å². The number of benzene rings is 1. The van der Waals surface area contributed by atoms with Crippen LogP contribution in [-0.2, 0) is 4.74 Å². The molecule has 10 nitrogen and oxygen atoms in total. The highest BCUT2D eigenvalue weighted by atomic mass is 19.1. The molecular formula is C33H39FN8O2. The van der Waals surface area contributed by atoms with Gasteiger partial charge in [0.05, 0.1) is 17.9 Å². The Bertz CT molecular complexity index is 1660. The molecule has 3 aromatic heterocycles. The number of carbonyl (C=O) groups is 1. The van der Waals surface area contributed by atoms with E-state index in [1.165, 1.54) is 6.07 Å². The summed E-state index contributed by atoms with van der Waals surface area (Å²) in [6.45, 7) is 11.6. The van der Waals surface area contributed by atoms with Gasteiger partial charge in [0.15, 0.2) is 5.65 Å². The molecule has 1 amide bonds. The van der Waals surface area contributed by atoms with Crippen molar-refractivity contribution in [3.05, 3.63) is 72.2 Å². The van der Waals surface area contributed by atoms with Gasteiger partial charge in [-0.2, -0.15) is 0 Å². The highest BCUT2D eigenvalue weighted by Crippen LogP contribution is 2.36. The highest BCUT2D eigenvalue weighted by molar-refractivity contribution is 5.69. The summed E-state index contributed by atoms with van der Waals surface area (Å²) >= 11 is 0. The molecule has 3 aliphatic rings. The van der Waals surface area contributed by atoms with Crippen molar-refractivity contribution in [2.24, 2.45) is 0 Å². The number of ether oxygens (including phenoxy) is 1. The number of amides is 1. The maximum absolute atomic E-state index is 14.0. The van der Waals surface area contributed by atoms with E-state index in [9.17, 15) is 9.18 Å². The van der Waals surface area contributed by atoms with E-state index < -0.39 is 5.60 Å². The van der Waals surface area contributed by atoms with Crippen molar-refractivity contribution in [1.29, 1.82) is 0 Å². The minimum atomic E-state index is -0.474. The molecule has 1 aromatic carbocycles. The van der Waals surface area contributed by atoms with Crippen LogP contribution in [0.25, 0.3) is 17.0 Å². The number of anilines is 2. The normalized spacial score (nSPS) is 19.9. The van der Waals surface area contributed by atoms with Gasteiger partial charge < -0.3 is 19.4 Å². The number of imidazole rings is 1. The van der Waals surface area contributed by atoms with Crippen molar-refractivity contribution in [3.63, 3.8) is 0 Å². The third-order valence-electron chi connectivity index (χ3n) is 8.79. The lowest BCUT2D eigenvalue weighted by molar-refractivity contribution is -0.0162. The fourth-order valence-electron chi connectivity index (χ4n) is 6.51. The molecule has 6 heterocycles. The summed E-state index contributed by atoms with van der Waals surface area (Å²) in [6, 6.07) is 17.4. The number of pyridine rings is 1. The standard InChI is InChI=1S/C33H39FN8O2/c1-33(2,3)44-32(43)40-21-25(22-40)38-15-17-39(18-16-38)30-11-5-9-26(36-30)28-20-35-29-12-13-31(37-42(28)29)41-14-6-10-27(41)23-7-4-8-24(34)19-23/h4-5,7-9,11-13,19-20,25,27H,6,10,14-18,21-22H2,1-3H3/t27-/m1/s1. The summed E-state index contributed by atoms with van der Waals surface area (Å²) in [7, 11) is 0. The number of fused-ring (bicyclic) bond motifs is 1. The number of hydrogen-bond donors (Lipinski definition) is 0. The van der Waals surface area contributed by atoms with Crippen molar-refractivity contribution in [3.8, 4) is 11.4 Å². The number of aromatic nitrogens is 4. The minimum absolute atomic E-state index is 0.0862. The van der Waals surface area contributed by atoms with E-state index in [4.69, 9.17) is 14.8 Å². The van der Waals surface area contributed by atoms with Gasteiger partial charge in [0.25, 0.3) is 0 Å². The second-order valence-electron chi connectivity index (χ2n) is 13.0. The lowest BCUT2D eigenvalue weighted by Crippen LogP contribution is -2.64. The fraction of sp³-hybridized carbons (Fsp3) is 0.455. The molecule has 0 N–H and O–H groups in total. The fourth-order valence-corrected chi connectivity index (χ4v) is 6.51. The smallest absolute Gasteiger partial charge is 0.410 e. The molecule has 11 heteroatoms. The Labute approximate surface area is 257 Å². The predicted molar refractivity (Wildman–Crippen MR) is 167 cm³/mol. The second-order valence-corrected chi connectivity index (χ2v) is 13.0. The number of halogens is 1. The van der Waals surface area contributed by atoms with Gasteiger partial charge >= 0.3 is 6.09 Å². The van der Waals surface area contributed by atoms with E-state index in [1.807, 2.05) is 61.8 Å². The quantitative estimate of drug-likeness (QED) is 0.317. The first-order valence-electron chi connectivity index (χ1n) is 15.5. The Morgan fingerprint density at radius 3 is 2.52 bits per heavy atom. The van der Waals surface area contributed by atoms with Crippen molar-refractivity contribution in [1.82, 2.24) is 29.4 Å². The van der Waals surface area contributed by atoms with E-state index in [0.29, 0.717) is 19.1 Å². The Morgan fingerprint density at radius 1 is 0.955 bits per heavy atom. The van der Waals surface area contributed by atoms with Gasteiger partial charge in [-0.1, -0.05) is 18.2 Å². The summed E-state index contributed by atoms with van der Waals surface area (Å²) in [5.74, 6) is 1.56. The van der Waals surface area contributed by atoms with Gasteiger partial charge in [-0.25, -0.2) is 23.7 Å². The van der Waals surface area contributed by atoms with Crippen LogP contribution in [-0.4, -0.2) is 92.9 Å². The second kappa shape index (κ2) is 11.4. The van der Waals surface area contributed by atoms with Crippen LogP contribution < -0.4 is 9.80 Å². The van der Waals surface area contributed by atoms with Crippen LogP contribution in [0.3, 0.4) is 0 Å². The van der Waals surface area contributed by atoms with Crippen LogP contribution in [0.1, 0.15) is 45.2 Å². The van der Waals surface area contributed by atoms with E-state index in [-0.39, 0.29) is 18.0 Å². The summed E-state index contributed by atoms with van der Waals surface area (Å²) in [5, 5.41) is 5.01. The van der Waals surface area contributed by atoms with Crippen LogP contribution >= 0.6 is 0 Å². The maximum Gasteiger partial charge on any atom is 0.410 e. The monoisotopic (exact) mass is 598 g/mol. The van der Waals surface area contributed by atoms with Crippen molar-refractivity contribution in [2.75, 3.05) is 55.6 Å². The molecule has 7 rings (SSSR count). The zero-order valence-corrected chi connectivity index (χ0v) is 25.6. The summed E-state index contributed by atoms with van der Waals surface area (Å²) < 4.78 is 21.4. The van der Waals surface area contributed by atoms with Gasteiger partial charge in [0, 0.05) is 51.9 Å². The number of likely N-dealkylation sites (tertiary alicyclic amines) is 1. The van der Waals surface area contributed by atoms with Crippen LogP contribution in [0.4, 0.5) is 20.8 Å². The van der Waals surface area contributed by atoms with E-state index in [2.05, 4.69) is 25.8 Å². The van der Waals surface area contributed by atoms with Crippen LogP contribution in [0, 0.1) is 5.82 Å². The first kappa shape index (κ1) is 28.5. The molecule has 4 aromatic rings. The molecule has 44 heavy (non-hydrogen) atoms. The molecule has 0 spiro atoms. The molecule has 0 bridgehead atoms. The minimum Gasteiger partial charge on any atom is -0.444 e. The molecule has 3 aliphatic heterocycles. The van der Waals surface area contributed by atoms with Crippen LogP contribution in [0.5, 0.6) is 0 Å². The molecule has 0 radical (unpaired) electrons. The number of piperazine rings is 1. The first-order valence-corrected chi connectivity index (χ1v) is 15.5. The third-order valence-corrected chi connectivity index (χ3v) is 8.79. The number of nitrogens with zero attached hydrogens (tertiary/aromatic N) is 8. The first-order chi connectivity index (χ1) is 21.2. The largest absolute Gasteiger partial charge is 0.444 e. The lowest BCUT2D eigenvalue weighted by Gasteiger charge is -2.48. The molecule has 0 unspecified atom stereocenters. The molecule has 3 fully saturated rings. The Balaban J connectivity index is 1.03. The number of carbonyl (C=O) groups excluding carboxylic acids is 1. The summed E-state index contributed by atoms with van der Waals surface area (Å²) in [5.41, 5.74) is 2.91. The lowest BCUT2D eigenvalue weighted by atomic mass is 10.0. The van der Waals surface area contributed by atoms with Crippen LogP contribution in [0.2, 0.25) is 0 Å². The summed E-state index contributed by atoms with van der Waals surface area (Å²) in [4.78, 5) is 30.8. The van der Waals surface area contributed by atoms with Gasteiger partial charge in [-0.15, -0.1) is 5.10 Å². The van der Waals surface area contributed by atoms with E-state index in [1.54, 1.807) is 17.0 Å². The van der Waals surface area contributed by atoms with Crippen molar-refractivity contribution < 1.29 is 13.9 Å². The molecule has 3 saturated heterocycles. The maximum atomic E-state index is 14.0. The Hall–Kier alpha value is -4.25. The zero-order chi connectivity index (χ0) is 30.4. The van der Waals surface area contributed by atoms with Crippen molar-refractivity contribution in [2.45, 2.75) is 51.3 Å². The van der Waals surface area contributed by atoms with Gasteiger partial charge in [0.1, 0.15) is 28.7 Å². The zero-order valence-electron chi connectivity index (χ0n) is 25.6. The highest BCUT2D eigenvalue weighted by Gasteiger charge is 2.38. The average molecular weight is 599 g/mol. The number of hydrogen-bond acceptors (Lipinski definition) is 8. The van der Waals surface area contributed by atoms with Crippen LogP contribution in [0.15, 0.2) is 60.8 Å². The predicted octanol–water partition coefficient (Wildman–Crippen LogP) is 5.01. The molecule has 1 atom stereocenters. The molecule has 230 valence electrons. The van der Waals surface area contributed by atoms with Gasteiger partial charge in [-0.05, 0) is 75.6 Å². The number of rotatable bonds is 5. The molecule has 0 aliphatic carbocycles. The van der Waals surface area contributed by atoms with Gasteiger partial charge in [-0.3, -0.25) is 4.90 Å². The Morgan fingerprint density at radius 2 is 1.75 bits per heavy atom. The van der Waals surface area contributed by atoms with Gasteiger partial charge in [0.2, 0.25) is 0 Å². The summed E-state index contributed by atoms with van der Waals surface area (Å²) in [6.07, 6.45) is 3.59. The van der Waals surface area contributed by atoms with E-state index in [0.717, 1.165) is 79.8 Å². The SMILES string of the molecule is CC(C)(C)OC(=O)N1CC(N2CCN(c3cccc(-c4cnc5ccc(N6CCC[C@@H]6c6cccc(F)c6)nn45)n3)CC2)C1. The topological polar surface area (TPSA) is 82.3 Å². The third kappa shape index (κ3) is 5.68. The average Bonchev–Trinajstić information content (AvgIpc) is 3.63. The Kier molecular flexibility index (Phi) is 7.36. The molecule has 0 saturated carbocycles. The van der Waals surface area contributed by atoms with E-state index >= 15 is 0 Å². The molecular weight excluding hydrogens is 559 g/mol.